The molecule has 11 heteroatoms. The average molecular weight is 693 g/mol. The van der Waals surface area contributed by atoms with Gasteiger partial charge >= 0.3 is 18.0 Å². The number of aliphatic hydroxyl groups excluding tert-OH is 1. The topological polar surface area (TPSA) is 50.2 Å². The molecule has 0 fully saturated rings. The van der Waals surface area contributed by atoms with Crippen molar-refractivity contribution in [1.82, 2.24) is 4.98 Å². The van der Waals surface area contributed by atoms with E-state index >= 15 is 0 Å². The van der Waals surface area contributed by atoms with Crippen LogP contribution in [0.4, 0.5) is 30.7 Å². The number of hydrogen-bond acceptors (Lipinski definition) is 3. The third kappa shape index (κ3) is 6.91. The number of carbonyl (C=O) groups excluding carboxylic acids is 1. The summed E-state index contributed by atoms with van der Waals surface area (Å²) in [6, 6.07) is 21.4. The van der Waals surface area contributed by atoms with Gasteiger partial charge in [-0.1, -0.05) is 45.0 Å². The molecule has 0 aliphatic heterocycles. The number of nitrogens with zero attached hydrogens (tertiary/aromatic N) is 1. The van der Waals surface area contributed by atoms with Gasteiger partial charge < -0.3 is 10.1 Å². The van der Waals surface area contributed by atoms with E-state index < -0.39 is 35.0 Å². The van der Waals surface area contributed by atoms with Gasteiger partial charge in [0.15, 0.2) is 0 Å². The van der Waals surface area contributed by atoms with E-state index in [1.165, 1.54) is 31.5 Å². The van der Waals surface area contributed by atoms with Crippen molar-refractivity contribution in [3.8, 4) is 11.3 Å². The Kier molecular flexibility index (Phi) is 10.00. The fourth-order valence-electron chi connectivity index (χ4n) is 2.64. The minimum Gasteiger partial charge on any atom is -0.512 e. The van der Waals surface area contributed by atoms with Crippen LogP contribution in [0.25, 0.3) is 22.0 Å². The molecule has 0 spiro atoms. The van der Waals surface area contributed by atoms with E-state index in [1.54, 1.807) is 0 Å². The molecule has 0 amide bonds. The maximum absolute atomic E-state index is 12.9. The first-order valence-electron chi connectivity index (χ1n) is 10.1. The second kappa shape index (κ2) is 11.5. The number of pyridine rings is 1. The summed E-state index contributed by atoms with van der Waals surface area (Å²) in [5.41, 5.74) is 0.789. The molecule has 1 heterocycles. The van der Waals surface area contributed by atoms with E-state index in [0.29, 0.717) is 0 Å². The Morgan fingerprint density at radius 2 is 1.50 bits per heavy atom. The molecule has 0 aliphatic rings. The molecule has 36 heavy (non-hydrogen) atoms. The maximum Gasteiger partial charge on any atom is 0.460 e. The van der Waals surface area contributed by atoms with E-state index in [9.17, 15) is 35.5 Å². The molecule has 3 nitrogen and oxygen atoms in total. The number of alkyl halides is 7. The second-order valence-electron chi connectivity index (χ2n) is 8.45. The number of hydrogen-bond donors (Lipinski definition) is 1. The van der Waals surface area contributed by atoms with Crippen LogP contribution < -0.4 is 0 Å². The number of halogens is 7. The van der Waals surface area contributed by atoms with Crippen LogP contribution in [0.1, 0.15) is 20.8 Å². The Morgan fingerprint density at radius 3 is 2.03 bits per heavy atom. The maximum atomic E-state index is 12.9. The van der Waals surface area contributed by atoms with Crippen molar-refractivity contribution in [3.63, 3.8) is 0 Å². The van der Waals surface area contributed by atoms with Crippen molar-refractivity contribution < 1.29 is 60.7 Å². The average Bonchev–Trinajstić information content (AvgIpc) is 2.78. The molecule has 197 valence electrons. The summed E-state index contributed by atoms with van der Waals surface area (Å²) in [5.74, 6) is -16.4. The van der Waals surface area contributed by atoms with Gasteiger partial charge in [-0.15, -0.1) is 35.9 Å². The van der Waals surface area contributed by atoms with Crippen LogP contribution in [-0.4, -0.2) is 33.9 Å². The van der Waals surface area contributed by atoms with Gasteiger partial charge in [-0.2, -0.15) is 30.7 Å². The van der Waals surface area contributed by atoms with Crippen LogP contribution in [-0.2, 0) is 24.9 Å². The first kappa shape index (κ1) is 31.2. The molecule has 0 saturated carbocycles. The number of aliphatic hydroxyl groups is 1. The zero-order chi connectivity index (χ0) is 26.7. The molecule has 1 radical (unpaired) electrons. The first-order chi connectivity index (χ1) is 16.0. The molecule has 3 aromatic rings. The van der Waals surface area contributed by atoms with Crippen molar-refractivity contribution >= 4 is 16.6 Å². The SMILES string of the molecule is CC(C)(C)C(O)=CC(=O)C(F)(F)C(F)(F)C(F)(F)F.[Ir].[c-]1ccccc1-c1nccc2ccccc12. The van der Waals surface area contributed by atoms with E-state index in [4.69, 9.17) is 5.11 Å². The summed E-state index contributed by atoms with van der Waals surface area (Å²) in [5, 5.41) is 11.6. The Balaban J connectivity index is 0.000000353. The fraction of sp³-hybridized carbons (Fsp3) is 0.280. The van der Waals surface area contributed by atoms with Crippen molar-refractivity contribution in [2.75, 3.05) is 0 Å². The molecule has 2 aromatic carbocycles. The minimum atomic E-state index is -6.59. The second-order valence-corrected chi connectivity index (χ2v) is 8.45. The van der Waals surface area contributed by atoms with Gasteiger partial charge in [-0.3, -0.25) is 4.79 Å². The molecular weight excluding hydrogens is 671 g/mol. The fourth-order valence-corrected chi connectivity index (χ4v) is 2.64. The number of rotatable bonds is 4. The molecule has 0 unspecified atom stereocenters. The summed E-state index contributed by atoms with van der Waals surface area (Å²) in [4.78, 5) is 15.3. The number of benzene rings is 2. The van der Waals surface area contributed by atoms with Gasteiger partial charge in [0, 0.05) is 37.8 Å². The first-order valence-corrected chi connectivity index (χ1v) is 10.1. The Hall–Kier alpha value is -2.78. The van der Waals surface area contributed by atoms with Crippen LogP contribution in [0, 0.1) is 11.5 Å². The summed E-state index contributed by atoms with van der Waals surface area (Å²) < 4.78 is 86.1. The number of allylic oxidation sites excluding steroid dienone is 2. The predicted molar refractivity (Wildman–Crippen MR) is 117 cm³/mol. The van der Waals surface area contributed by atoms with Crippen LogP contribution in [0.3, 0.4) is 0 Å². The molecule has 0 aliphatic carbocycles. The Bertz CT molecular complexity index is 1200. The molecular formula is C25H21F7IrNO2-. The van der Waals surface area contributed by atoms with Crippen molar-refractivity contribution in [1.29, 1.82) is 0 Å². The predicted octanol–water partition coefficient (Wildman–Crippen LogP) is 7.58. The molecule has 0 atom stereocenters. The summed E-state index contributed by atoms with van der Waals surface area (Å²) in [7, 11) is 0. The van der Waals surface area contributed by atoms with Gasteiger partial charge in [0.25, 0.3) is 0 Å². The molecule has 1 N–H and O–H groups in total. The van der Waals surface area contributed by atoms with Crippen LogP contribution in [0.5, 0.6) is 0 Å². The quantitative estimate of drug-likeness (QED) is 0.133. The summed E-state index contributed by atoms with van der Waals surface area (Å²) in [6.45, 7) is 3.73. The Labute approximate surface area is 216 Å². The monoisotopic (exact) mass is 693 g/mol. The third-order valence-electron chi connectivity index (χ3n) is 4.73. The van der Waals surface area contributed by atoms with Gasteiger partial charge in [0.05, 0.1) is 0 Å². The summed E-state index contributed by atoms with van der Waals surface area (Å²) >= 11 is 0. The zero-order valence-corrected chi connectivity index (χ0v) is 21.5. The number of fused-ring (bicyclic) bond motifs is 1. The van der Waals surface area contributed by atoms with Crippen molar-refractivity contribution in [2.45, 2.75) is 38.8 Å². The van der Waals surface area contributed by atoms with Crippen molar-refractivity contribution in [3.05, 3.63) is 78.7 Å². The van der Waals surface area contributed by atoms with E-state index in [2.05, 4.69) is 23.2 Å². The van der Waals surface area contributed by atoms with Crippen LogP contribution in [0.2, 0.25) is 0 Å². The van der Waals surface area contributed by atoms with Gasteiger partial charge in [0.2, 0.25) is 5.78 Å². The standard InChI is InChI=1S/C15H10N.C10H11F7O2.Ir/c1-2-7-13(8-3-1)15-14-9-5-4-6-12(14)10-11-16-15;1-7(2,3)5(18)4-6(19)8(11,12)9(13,14)10(15,16)17;/h1-7,9-11H;4,18H,1-3H3;/q-1;;. The van der Waals surface area contributed by atoms with Crippen LogP contribution in [0.15, 0.2) is 72.6 Å². The van der Waals surface area contributed by atoms with Crippen molar-refractivity contribution in [2.24, 2.45) is 5.41 Å². The smallest absolute Gasteiger partial charge is 0.460 e. The van der Waals surface area contributed by atoms with E-state index in [-0.39, 0.29) is 26.2 Å². The van der Waals surface area contributed by atoms with Crippen LogP contribution >= 0.6 is 0 Å². The summed E-state index contributed by atoms with van der Waals surface area (Å²) in [6.07, 6.45) is -5.06. The number of carbonyl (C=O) groups is 1. The largest absolute Gasteiger partial charge is 0.512 e. The minimum absolute atomic E-state index is 0. The van der Waals surface area contributed by atoms with Gasteiger partial charge in [-0.25, -0.2) is 0 Å². The third-order valence-corrected chi connectivity index (χ3v) is 4.73. The zero-order valence-electron chi connectivity index (χ0n) is 19.1. The number of aromatic nitrogens is 1. The molecule has 3 rings (SSSR count). The van der Waals surface area contributed by atoms with Gasteiger partial charge in [0.1, 0.15) is 5.76 Å². The molecule has 1 aromatic heterocycles. The normalized spacial score (nSPS) is 12.9. The van der Waals surface area contributed by atoms with Gasteiger partial charge in [-0.05, 0) is 22.5 Å². The number of ketones is 1. The molecule has 0 saturated heterocycles. The Morgan fingerprint density at radius 1 is 0.917 bits per heavy atom. The van der Waals surface area contributed by atoms with E-state index in [0.717, 1.165) is 11.3 Å². The van der Waals surface area contributed by atoms with E-state index in [1.807, 2.05) is 48.7 Å². The molecule has 0 bridgehead atoms.